The van der Waals surface area contributed by atoms with Gasteiger partial charge in [0.2, 0.25) is 5.91 Å². The monoisotopic (exact) mass is 322 g/mol. The van der Waals surface area contributed by atoms with E-state index in [0.717, 1.165) is 37.6 Å². The van der Waals surface area contributed by atoms with Crippen LogP contribution < -0.4 is 0 Å². The third-order valence-electron chi connectivity index (χ3n) is 4.59. The van der Waals surface area contributed by atoms with Gasteiger partial charge in [0.05, 0.1) is 6.10 Å². The van der Waals surface area contributed by atoms with Crippen molar-refractivity contribution in [2.75, 3.05) is 32.7 Å². The minimum Gasteiger partial charge on any atom is -0.392 e. The summed E-state index contributed by atoms with van der Waals surface area (Å²) in [4.78, 5) is 16.8. The summed E-state index contributed by atoms with van der Waals surface area (Å²) < 4.78 is 0. The van der Waals surface area contributed by atoms with Crippen molar-refractivity contribution in [2.45, 2.75) is 25.4 Å². The fourth-order valence-corrected chi connectivity index (χ4v) is 3.53. The molecular weight excluding hydrogens is 300 g/mol. The fourth-order valence-electron chi connectivity index (χ4n) is 3.33. The average molecular weight is 323 g/mol. The van der Waals surface area contributed by atoms with Crippen molar-refractivity contribution < 1.29 is 9.90 Å². The van der Waals surface area contributed by atoms with Crippen molar-refractivity contribution in [3.8, 4) is 0 Å². The normalized spacial score (nSPS) is 26.8. The fraction of sp³-hybridized carbons (Fsp3) is 0.588. The molecule has 1 amide bonds. The molecule has 4 nitrogen and oxygen atoms in total. The number of β-amino-alcohol motifs (C(OH)–C–C–N with tert-alkyl or cyclic N) is 1. The molecule has 1 heterocycles. The number of nitrogens with zero attached hydrogens (tertiary/aromatic N) is 2. The van der Waals surface area contributed by atoms with Gasteiger partial charge >= 0.3 is 0 Å². The van der Waals surface area contributed by atoms with E-state index in [9.17, 15) is 9.90 Å². The van der Waals surface area contributed by atoms with E-state index in [0.29, 0.717) is 12.5 Å². The van der Waals surface area contributed by atoms with Crippen molar-refractivity contribution in [2.24, 2.45) is 5.92 Å². The SMILES string of the molecule is CC(O)CN1CCN(C(=O)C2CC2c2cccc(Cl)c2)CC1. The van der Waals surface area contributed by atoms with Gasteiger partial charge in [-0.2, -0.15) is 0 Å². The second-order valence-electron chi connectivity index (χ2n) is 6.48. The maximum absolute atomic E-state index is 12.6. The van der Waals surface area contributed by atoms with Gasteiger partial charge in [0.15, 0.2) is 0 Å². The largest absolute Gasteiger partial charge is 0.392 e. The van der Waals surface area contributed by atoms with Gasteiger partial charge in [-0.25, -0.2) is 0 Å². The van der Waals surface area contributed by atoms with E-state index in [4.69, 9.17) is 11.6 Å². The van der Waals surface area contributed by atoms with Crippen LogP contribution >= 0.6 is 11.6 Å². The Hall–Kier alpha value is -1.10. The van der Waals surface area contributed by atoms with Gasteiger partial charge in [0.1, 0.15) is 0 Å². The Morgan fingerprint density at radius 1 is 1.36 bits per heavy atom. The van der Waals surface area contributed by atoms with Crippen LogP contribution in [-0.2, 0) is 4.79 Å². The van der Waals surface area contributed by atoms with Crippen molar-refractivity contribution >= 4 is 17.5 Å². The first-order valence-electron chi connectivity index (χ1n) is 7.99. The van der Waals surface area contributed by atoms with Gasteiger partial charge < -0.3 is 10.0 Å². The number of benzene rings is 1. The highest BCUT2D eigenvalue weighted by Gasteiger charge is 2.46. The highest BCUT2D eigenvalue weighted by molar-refractivity contribution is 6.30. The zero-order valence-corrected chi connectivity index (χ0v) is 13.7. The molecular formula is C17H23ClN2O2. The Labute approximate surface area is 136 Å². The standard InChI is InChI=1S/C17H23ClN2O2/c1-12(21)11-19-5-7-20(8-6-19)17(22)16-10-15(16)13-3-2-4-14(18)9-13/h2-4,9,12,15-16,21H,5-8,10-11H2,1H3. The molecule has 1 aliphatic carbocycles. The second kappa shape index (κ2) is 6.57. The maximum atomic E-state index is 12.6. The van der Waals surface area contributed by atoms with Crippen LogP contribution in [0.1, 0.15) is 24.8 Å². The zero-order valence-electron chi connectivity index (χ0n) is 12.9. The lowest BCUT2D eigenvalue weighted by Gasteiger charge is -2.35. The summed E-state index contributed by atoms with van der Waals surface area (Å²) in [6.45, 7) is 5.74. The predicted octanol–water partition coefficient (Wildman–Crippen LogP) is 1.97. The molecule has 2 aliphatic rings. The highest BCUT2D eigenvalue weighted by atomic mass is 35.5. The number of aliphatic hydroxyl groups is 1. The van der Waals surface area contributed by atoms with Gasteiger partial charge in [-0.1, -0.05) is 23.7 Å². The van der Waals surface area contributed by atoms with Crippen molar-refractivity contribution in [1.29, 1.82) is 0 Å². The number of hydrogen-bond donors (Lipinski definition) is 1. The molecule has 1 aromatic carbocycles. The van der Waals surface area contributed by atoms with Crippen molar-refractivity contribution in [3.63, 3.8) is 0 Å². The summed E-state index contributed by atoms with van der Waals surface area (Å²) in [5, 5.41) is 10.2. The number of amides is 1. The van der Waals surface area contributed by atoms with E-state index in [1.54, 1.807) is 6.92 Å². The number of piperazine rings is 1. The molecule has 22 heavy (non-hydrogen) atoms. The number of halogens is 1. The Kier molecular flexibility index (Phi) is 4.71. The minimum atomic E-state index is -0.308. The van der Waals surface area contributed by atoms with E-state index < -0.39 is 0 Å². The van der Waals surface area contributed by atoms with Crippen molar-refractivity contribution in [3.05, 3.63) is 34.9 Å². The van der Waals surface area contributed by atoms with Gasteiger partial charge in [-0.3, -0.25) is 9.69 Å². The molecule has 1 saturated heterocycles. The van der Waals surface area contributed by atoms with Crippen LogP contribution in [0.25, 0.3) is 0 Å². The number of rotatable bonds is 4. The van der Waals surface area contributed by atoms with Crippen molar-refractivity contribution in [1.82, 2.24) is 9.80 Å². The highest BCUT2D eigenvalue weighted by Crippen LogP contribution is 2.48. The Morgan fingerprint density at radius 2 is 2.09 bits per heavy atom. The van der Waals surface area contributed by atoms with Gasteiger partial charge in [-0.05, 0) is 37.0 Å². The van der Waals surface area contributed by atoms with E-state index >= 15 is 0 Å². The Balaban J connectivity index is 1.52. The Bertz CT molecular complexity index is 541. The van der Waals surface area contributed by atoms with E-state index in [2.05, 4.69) is 11.0 Å². The summed E-state index contributed by atoms with van der Waals surface area (Å²) in [5.41, 5.74) is 1.18. The first-order valence-corrected chi connectivity index (χ1v) is 8.37. The van der Waals surface area contributed by atoms with E-state index in [1.165, 1.54) is 5.56 Å². The molecule has 3 unspecified atom stereocenters. The lowest BCUT2D eigenvalue weighted by Crippen LogP contribution is -2.50. The number of aliphatic hydroxyl groups excluding tert-OH is 1. The zero-order chi connectivity index (χ0) is 15.7. The Morgan fingerprint density at radius 3 is 2.73 bits per heavy atom. The molecule has 1 saturated carbocycles. The van der Waals surface area contributed by atoms with E-state index in [-0.39, 0.29) is 17.9 Å². The molecule has 1 aromatic rings. The lowest BCUT2D eigenvalue weighted by atomic mass is 10.1. The average Bonchev–Trinajstić information content (AvgIpc) is 3.27. The molecule has 5 heteroatoms. The van der Waals surface area contributed by atoms with Crippen LogP contribution in [0.15, 0.2) is 24.3 Å². The molecule has 1 N–H and O–H groups in total. The minimum absolute atomic E-state index is 0.127. The third-order valence-corrected chi connectivity index (χ3v) is 4.83. The molecule has 3 rings (SSSR count). The summed E-state index contributed by atoms with van der Waals surface area (Å²) >= 11 is 6.03. The lowest BCUT2D eigenvalue weighted by molar-refractivity contribution is -0.134. The molecule has 120 valence electrons. The van der Waals surface area contributed by atoms with E-state index in [1.807, 2.05) is 23.1 Å². The number of carbonyl (C=O) groups excluding carboxylic acids is 1. The van der Waals surface area contributed by atoms with Gasteiger partial charge in [0, 0.05) is 43.7 Å². The third kappa shape index (κ3) is 3.62. The van der Waals surface area contributed by atoms with Crippen LogP contribution in [-0.4, -0.2) is 59.6 Å². The number of carbonyl (C=O) groups is 1. The smallest absolute Gasteiger partial charge is 0.226 e. The van der Waals surface area contributed by atoms with Crippen LogP contribution in [0.2, 0.25) is 5.02 Å². The summed E-state index contributed by atoms with van der Waals surface area (Å²) in [6, 6.07) is 7.85. The molecule has 1 aliphatic heterocycles. The first-order chi connectivity index (χ1) is 10.5. The summed E-state index contributed by atoms with van der Waals surface area (Å²) in [6.07, 6.45) is 0.630. The van der Waals surface area contributed by atoms with Crippen LogP contribution in [0, 0.1) is 5.92 Å². The van der Waals surface area contributed by atoms with Crippen LogP contribution in [0.3, 0.4) is 0 Å². The molecule has 3 atom stereocenters. The molecule has 0 radical (unpaired) electrons. The second-order valence-corrected chi connectivity index (χ2v) is 6.92. The predicted molar refractivity (Wildman–Crippen MR) is 87.0 cm³/mol. The molecule has 2 fully saturated rings. The summed E-state index contributed by atoms with van der Waals surface area (Å²) in [7, 11) is 0. The van der Waals surface area contributed by atoms with Gasteiger partial charge in [-0.15, -0.1) is 0 Å². The topological polar surface area (TPSA) is 43.8 Å². The van der Waals surface area contributed by atoms with Crippen LogP contribution in [0.4, 0.5) is 0 Å². The quantitative estimate of drug-likeness (QED) is 0.921. The first kappa shape index (κ1) is 15.8. The molecule has 0 spiro atoms. The summed E-state index contributed by atoms with van der Waals surface area (Å²) in [5.74, 6) is 0.741. The molecule has 0 bridgehead atoms. The van der Waals surface area contributed by atoms with Gasteiger partial charge in [0.25, 0.3) is 0 Å². The number of hydrogen-bond acceptors (Lipinski definition) is 3. The molecule has 0 aromatic heterocycles. The van der Waals surface area contributed by atoms with Crippen LogP contribution in [0.5, 0.6) is 0 Å². The maximum Gasteiger partial charge on any atom is 0.226 e.